The predicted molar refractivity (Wildman–Crippen MR) is 147 cm³/mol. The fraction of sp³-hybridized carbons (Fsp3) is 0.172. The number of carbonyl (C=O) groups excluding carboxylic acids is 1. The third-order valence-corrected chi connectivity index (χ3v) is 7.97. The Morgan fingerprint density at radius 1 is 1.05 bits per heavy atom. The highest BCUT2D eigenvalue weighted by atomic mass is 35.5. The molecule has 0 radical (unpaired) electrons. The van der Waals surface area contributed by atoms with E-state index in [4.69, 9.17) is 28.9 Å². The van der Waals surface area contributed by atoms with Gasteiger partial charge in [-0.15, -0.1) is 0 Å². The molecule has 0 fully saturated rings. The van der Waals surface area contributed by atoms with Crippen LogP contribution in [0, 0.1) is 28.4 Å². The first-order valence-corrected chi connectivity index (χ1v) is 12.7. The van der Waals surface area contributed by atoms with E-state index < -0.39 is 10.8 Å². The zero-order chi connectivity index (χ0) is 27.1. The first kappa shape index (κ1) is 25.5. The van der Waals surface area contributed by atoms with Gasteiger partial charge in [-0.05, 0) is 54.2 Å². The molecule has 1 aliphatic carbocycles. The molecule has 2 atom stereocenters. The van der Waals surface area contributed by atoms with Gasteiger partial charge in [0, 0.05) is 39.9 Å². The number of nitrogens with zero attached hydrogens (tertiary/aromatic N) is 3. The summed E-state index contributed by atoms with van der Waals surface area (Å²) in [4.78, 5) is 26.7. The van der Waals surface area contributed by atoms with Gasteiger partial charge in [0.2, 0.25) is 0 Å². The number of halogens is 2. The number of nitrogens with two attached hydrogens (primary N) is 1. The monoisotopic (exact) mass is 544 g/mol. The third kappa shape index (κ3) is 4.22. The van der Waals surface area contributed by atoms with Crippen LogP contribution >= 0.6 is 23.2 Å². The Hall–Kier alpha value is -4.12. The highest BCUT2D eigenvalue weighted by molar-refractivity contribution is 6.32. The van der Waals surface area contributed by atoms with E-state index in [0.29, 0.717) is 34.0 Å². The number of nitro groups is 1. The SMILES string of the molecule is Cc1c(Cl)cccc1N1C(N)=C(C#N)[C@H](c2cc([N+](=O)[O-])ccc2Cl)C2=C1C[C@H](c1ccccc1)CC2=O. The van der Waals surface area contributed by atoms with Crippen LogP contribution in [-0.4, -0.2) is 10.7 Å². The van der Waals surface area contributed by atoms with E-state index in [9.17, 15) is 20.2 Å². The van der Waals surface area contributed by atoms with Crippen molar-refractivity contribution in [1.82, 2.24) is 0 Å². The standard InChI is InChI=1S/C29H22Cl2N4O3/c1-16-22(30)8-5-9-24(16)34-25-12-18(17-6-3-2-4-7-17)13-26(36)28(25)27(21(15-32)29(34)33)20-14-19(35(37)38)10-11-23(20)31/h2-11,14,18,27H,12-13,33H2,1H3/t18-,27-/m0/s1. The molecule has 1 heterocycles. The molecule has 9 heteroatoms. The lowest BCUT2D eigenvalue weighted by atomic mass is 9.71. The first-order valence-electron chi connectivity index (χ1n) is 11.9. The van der Waals surface area contributed by atoms with Crippen LogP contribution in [0.15, 0.2) is 89.4 Å². The number of non-ortho nitro benzene ring substituents is 1. The molecule has 2 N–H and O–H groups in total. The molecule has 3 aromatic carbocycles. The van der Waals surface area contributed by atoms with Crippen molar-refractivity contribution in [2.75, 3.05) is 4.90 Å². The molecule has 0 spiro atoms. The fourth-order valence-corrected chi connectivity index (χ4v) is 5.78. The minimum Gasteiger partial charge on any atom is -0.384 e. The van der Waals surface area contributed by atoms with Gasteiger partial charge in [-0.2, -0.15) is 5.26 Å². The van der Waals surface area contributed by atoms with Gasteiger partial charge in [-0.1, -0.05) is 59.6 Å². The normalized spacial score (nSPS) is 19.3. The van der Waals surface area contributed by atoms with Gasteiger partial charge >= 0.3 is 0 Å². The van der Waals surface area contributed by atoms with E-state index in [1.165, 1.54) is 18.2 Å². The highest BCUT2D eigenvalue weighted by Crippen LogP contribution is 2.51. The van der Waals surface area contributed by atoms with Crippen molar-refractivity contribution >= 4 is 40.4 Å². The van der Waals surface area contributed by atoms with Crippen LogP contribution in [0.3, 0.4) is 0 Å². The average molecular weight is 545 g/mol. The molecule has 5 rings (SSSR count). The molecule has 0 aromatic heterocycles. The van der Waals surface area contributed by atoms with Crippen molar-refractivity contribution in [2.24, 2.45) is 5.73 Å². The molecule has 190 valence electrons. The number of nitro benzene ring substituents is 1. The minimum atomic E-state index is -0.942. The van der Waals surface area contributed by atoms with Crippen molar-refractivity contribution in [3.8, 4) is 6.07 Å². The van der Waals surface area contributed by atoms with Gasteiger partial charge in [0.05, 0.1) is 28.2 Å². The first-order chi connectivity index (χ1) is 18.2. The lowest BCUT2D eigenvalue weighted by Crippen LogP contribution is -2.40. The van der Waals surface area contributed by atoms with Crippen molar-refractivity contribution in [3.63, 3.8) is 0 Å². The van der Waals surface area contributed by atoms with E-state index in [1.807, 2.05) is 43.3 Å². The van der Waals surface area contributed by atoms with Crippen molar-refractivity contribution in [3.05, 3.63) is 126 Å². The van der Waals surface area contributed by atoms with Crippen LogP contribution in [0.4, 0.5) is 11.4 Å². The smallest absolute Gasteiger partial charge is 0.269 e. The molecular weight excluding hydrogens is 523 g/mol. The molecule has 3 aromatic rings. The summed E-state index contributed by atoms with van der Waals surface area (Å²) in [6, 6.07) is 21.3. The fourth-order valence-electron chi connectivity index (χ4n) is 5.38. The summed E-state index contributed by atoms with van der Waals surface area (Å²) in [6.45, 7) is 1.85. The van der Waals surface area contributed by atoms with Gasteiger partial charge < -0.3 is 5.73 Å². The number of nitriles is 1. The van der Waals surface area contributed by atoms with E-state index >= 15 is 0 Å². The van der Waals surface area contributed by atoms with Crippen LogP contribution in [-0.2, 0) is 4.79 Å². The predicted octanol–water partition coefficient (Wildman–Crippen LogP) is 6.91. The zero-order valence-electron chi connectivity index (χ0n) is 20.3. The summed E-state index contributed by atoms with van der Waals surface area (Å²) in [5.74, 6) is -1.10. The van der Waals surface area contributed by atoms with Gasteiger partial charge in [-0.25, -0.2) is 0 Å². The van der Waals surface area contributed by atoms with E-state index in [2.05, 4.69) is 6.07 Å². The summed E-state index contributed by atoms with van der Waals surface area (Å²) in [6.07, 6.45) is 0.673. The number of carbonyl (C=O) groups is 1. The van der Waals surface area contributed by atoms with Crippen LogP contribution in [0.1, 0.15) is 41.4 Å². The van der Waals surface area contributed by atoms with E-state index in [-0.39, 0.29) is 40.2 Å². The molecule has 0 saturated carbocycles. The maximum Gasteiger partial charge on any atom is 0.269 e. The number of hydrogen-bond acceptors (Lipinski definition) is 6. The molecule has 0 amide bonds. The maximum atomic E-state index is 14.0. The van der Waals surface area contributed by atoms with Crippen molar-refractivity contribution < 1.29 is 9.72 Å². The molecule has 0 saturated heterocycles. The number of anilines is 1. The number of Topliss-reactive ketones (excluding diaryl/α,β-unsaturated/α-hetero) is 1. The number of rotatable bonds is 4. The van der Waals surface area contributed by atoms with E-state index in [0.717, 1.165) is 11.1 Å². The summed E-state index contributed by atoms with van der Waals surface area (Å²) in [7, 11) is 0. The van der Waals surface area contributed by atoms with Crippen LogP contribution in [0.5, 0.6) is 0 Å². The zero-order valence-corrected chi connectivity index (χ0v) is 21.8. The second-order valence-electron chi connectivity index (χ2n) is 9.33. The van der Waals surface area contributed by atoms with Gasteiger partial charge in [0.25, 0.3) is 5.69 Å². The quantitative estimate of drug-likeness (QED) is 0.282. The molecule has 1 aliphatic heterocycles. The molecule has 38 heavy (non-hydrogen) atoms. The third-order valence-electron chi connectivity index (χ3n) is 7.22. The lowest BCUT2D eigenvalue weighted by Gasteiger charge is -2.42. The summed E-state index contributed by atoms with van der Waals surface area (Å²) < 4.78 is 0. The largest absolute Gasteiger partial charge is 0.384 e. The summed E-state index contributed by atoms with van der Waals surface area (Å²) in [5, 5.41) is 22.6. The maximum absolute atomic E-state index is 14.0. The Labute approximate surface area is 229 Å². The van der Waals surface area contributed by atoms with E-state index in [1.54, 1.807) is 17.0 Å². The number of ketones is 1. The lowest BCUT2D eigenvalue weighted by molar-refractivity contribution is -0.384. The number of hydrogen-bond donors (Lipinski definition) is 1. The summed E-state index contributed by atoms with van der Waals surface area (Å²) in [5.41, 5.74) is 10.3. The molecule has 7 nitrogen and oxygen atoms in total. The Bertz CT molecular complexity index is 1590. The summed E-state index contributed by atoms with van der Waals surface area (Å²) >= 11 is 13.0. The van der Waals surface area contributed by atoms with Gasteiger partial charge in [-0.3, -0.25) is 19.8 Å². The van der Waals surface area contributed by atoms with Crippen molar-refractivity contribution in [1.29, 1.82) is 5.26 Å². The van der Waals surface area contributed by atoms with Crippen molar-refractivity contribution in [2.45, 2.75) is 31.6 Å². The topological polar surface area (TPSA) is 113 Å². The number of allylic oxidation sites excluding steroid dienone is 3. The second-order valence-corrected chi connectivity index (χ2v) is 10.1. The Kier molecular flexibility index (Phi) is 6.70. The minimum absolute atomic E-state index is 0.0945. The molecule has 0 bridgehead atoms. The Balaban J connectivity index is 1.79. The molecule has 0 unspecified atom stereocenters. The number of benzene rings is 3. The van der Waals surface area contributed by atoms with Crippen LogP contribution < -0.4 is 10.6 Å². The second kappa shape index (κ2) is 9.97. The van der Waals surface area contributed by atoms with Gasteiger partial charge in [0.15, 0.2) is 5.78 Å². The molecule has 2 aliphatic rings. The Morgan fingerprint density at radius 3 is 2.47 bits per heavy atom. The highest BCUT2D eigenvalue weighted by Gasteiger charge is 2.44. The average Bonchev–Trinajstić information content (AvgIpc) is 2.90. The Morgan fingerprint density at radius 2 is 1.79 bits per heavy atom. The van der Waals surface area contributed by atoms with Crippen LogP contribution in [0.2, 0.25) is 10.0 Å². The van der Waals surface area contributed by atoms with Gasteiger partial charge in [0.1, 0.15) is 5.82 Å². The molecular formula is C29H22Cl2N4O3. The van der Waals surface area contributed by atoms with Crippen LogP contribution in [0.25, 0.3) is 0 Å².